The first-order chi connectivity index (χ1) is 16.7. The Balaban J connectivity index is 1.46. The van der Waals surface area contributed by atoms with E-state index in [4.69, 9.17) is 4.74 Å². The van der Waals surface area contributed by atoms with Gasteiger partial charge in [0.05, 0.1) is 12.0 Å². The molecular formula is C26H32N4O4S. The molecule has 1 saturated heterocycles. The molecule has 0 saturated carbocycles. The SMILES string of the molecule is COc1ccc([C@@H](NC(=O)C2CCN(S(=O)(=O)c3ccc(C)c(C)c3)CC2)c2nccn2C)cc1. The topological polar surface area (TPSA) is 93.5 Å². The molecule has 9 heteroatoms. The lowest BCUT2D eigenvalue weighted by atomic mass is 9.96. The number of aromatic nitrogens is 2. The molecular weight excluding hydrogens is 464 g/mol. The van der Waals surface area contributed by atoms with Gasteiger partial charge in [0.2, 0.25) is 15.9 Å². The number of methoxy groups -OCH3 is 1. The first-order valence-corrected chi connectivity index (χ1v) is 13.1. The number of aryl methyl sites for hydroxylation is 3. The molecule has 0 spiro atoms. The number of amides is 1. The molecule has 0 bridgehead atoms. The molecule has 8 nitrogen and oxygen atoms in total. The number of hydrogen-bond donors (Lipinski definition) is 1. The zero-order valence-corrected chi connectivity index (χ0v) is 21.4. The smallest absolute Gasteiger partial charge is 0.243 e. The van der Waals surface area contributed by atoms with Crippen molar-refractivity contribution in [1.29, 1.82) is 0 Å². The van der Waals surface area contributed by atoms with Gasteiger partial charge in [0.1, 0.15) is 17.6 Å². The Labute approximate surface area is 207 Å². The Morgan fingerprint density at radius 2 is 1.77 bits per heavy atom. The van der Waals surface area contributed by atoms with Gasteiger partial charge in [-0.05, 0) is 67.6 Å². The molecule has 1 aliphatic rings. The Morgan fingerprint density at radius 1 is 1.09 bits per heavy atom. The first-order valence-electron chi connectivity index (χ1n) is 11.7. The minimum absolute atomic E-state index is 0.1000. The number of rotatable bonds is 7. The number of nitrogens with one attached hydrogen (secondary N) is 1. The quantitative estimate of drug-likeness (QED) is 0.542. The molecule has 3 aromatic rings. The molecule has 0 radical (unpaired) electrons. The van der Waals surface area contributed by atoms with Crippen LogP contribution in [0.3, 0.4) is 0 Å². The molecule has 0 aliphatic carbocycles. The van der Waals surface area contributed by atoms with Crippen LogP contribution in [0, 0.1) is 19.8 Å². The number of hydrogen-bond acceptors (Lipinski definition) is 5. The maximum absolute atomic E-state index is 13.3. The van der Waals surface area contributed by atoms with Crippen molar-refractivity contribution in [2.24, 2.45) is 13.0 Å². The maximum atomic E-state index is 13.3. The van der Waals surface area contributed by atoms with Crippen LogP contribution < -0.4 is 10.1 Å². The fourth-order valence-electron chi connectivity index (χ4n) is 4.39. The highest BCUT2D eigenvalue weighted by atomic mass is 32.2. The molecule has 35 heavy (non-hydrogen) atoms. The number of benzene rings is 2. The predicted octanol–water partition coefficient (Wildman–Crippen LogP) is 3.35. The number of imidazole rings is 1. The highest BCUT2D eigenvalue weighted by molar-refractivity contribution is 7.89. The van der Waals surface area contributed by atoms with Gasteiger partial charge >= 0.3 is 0 Å². The summed E-state index contributed by atoms with van der Waals surface area (Å²) in [6.45, 7) is 4.48. The van der Waals surface area contributed by atoms with E-state index in [1.165, 1.54) is 4.31 Å². The third-order valence-electron chi connectivity index (χ3n) is 6.79. The molecule has 0 unspecified atom stereocenters. The average Bonchev–Trinajstić information content (AvgIpc) is 3.29. The second-order valence-electron chi connectivity index (χ2n) is 9.04. The molecule has 186 valence electrons. The first kappa shape index (κ1) is 24.9. The minimum atomic E-state index is -3.59. The maximum Gasteiger partial charge on any atom is 0.243 e. The molecule has 4 rings (SSSR count). The monoisotopic (exact) mass is 496 g/mol. The van der Waals surface area contributed by atoms with Crippen molar-refractivity contribution in [3.8, 4) is 5.75 Å². The summed E-state index contributed by atoms with van der Waals surface area (Å²) < 4.78 is 34.9. The molecule has 2 heterocycles. The summed E-state index contributed by atoms with van der Waals surface area (Å²) in [5.41, 5.74) is 2.89. The lowest BCUT2D eigenvalue weighted by Crippen LogP contribution is -2.44. The number of ether oxygens (including phenoxy) is 1. The van der Waals surface area contributed by atoms with Crippen molar-refractivity contribution in [2.75, 3.05) is 20.2 Å². The van der Waals surface area contributed by atoms with Crippen molar-refractivity contribution in [2.45, 2.75) is 37.6 Å². The van der Waals surface area contributed by atoms with Crippen LogP contribution in [-0.4, -0.2) is 48.4 Å². The highest BCUT2D eigenvalue weighted by Crippen LogP contribution is 2.28. The minimum Gasteiger partial charge on any atom is -0.497 e. The lowest BCUT2D eigenvalue weighted by molar-refractivity contribution is -0.126. The van der Waals surface area contributed by atoms with E-state index in [0.29, 0.717) is 30.8 Å². The Hall–Kier alpha value is -3.17. The standard InChI is InChI=1S/C26H32N4O4S/c1-18-5-10-23(17-19(18)2)35(32,33)30-14-11-21(12-15-30)26(31)28-24(25-27-13-16-29(25)3)20-6-8-22(34-4)9-7-20/h5-10,13,16-17,21,24H,11-12,14-15H2,1-4H3,(H,28,31)/t24-/m1/s1. The van der Waals surface area contributed by atoms with Gasteiger partial charge in [0.25, 0.3) is 0 Å². The largest absolute Gasteiger partial charge is 0.497 e. The van der Waals surface area contributed by atoms with E-state index in [-0.39, 0.29) is 11.8 Å². The Bertz CT molecular complexity index is 1290. The van der Waals surface area contributed by atoms with Gasteiger partial charge in [0, 0.05) is 38.4 Å². The molecule has 1 amide bonds. The van der Waals surface area contributed by atoms with Crippen molar-refractivity contribution in [1.82, 2.24) is 19.2 Å². The van der Waals surface area contributed by atoms with Crippen LogP contribution in [0.5, 0.6) is 5.75 Å². The average molecular weight is 497 g/mol. The Morgan fingerprint density at radius 3 is 2.34 bits per heavy atom. The molecule has 1 aromatic heterocycles. The van der Waals surface area contributed by atoms with E-state index in [1.54, 1.807) is 25.4 Å². The summed E-state index contributed by atoms with van der Waals surface area (Å²) in [5, 5.41) is 3.15. The molecule has 1 atom stereocenters. The van der Waals surface area contributed by atoms with Gasteiger partial charge in [-0.1, -0.05) is 18.2 Å². The van der Waals surface area contributed by atoms with Crippen LogP contribution in [0.15, 0.2) is 59.8 Å². The fourth-order valence-corrected chi connectivity index (χ4v) is 5.95. The van der Waals surface area contributed by atoms with Crippen LogP contribution in [-0.2, 0) is 21.9 Å². The molecule has 2 aromatic carbocycles. The number of sulfonamides is 1. The van der Waals surface area contributed by atoms with Crippen LogP contribution >= 0.6 is 0 Å². The van der Waals surface area contributed by atoms with Gasteiger partial charge in [0.15, 0.2) is 0 Å². The van der Waals surface area contributed by atoms with Gasteiger partial charge in [-0.15, -0.1) is 0 Å². The second-order valence-corrected chi connectivity index (χ2v) is 11.0. The predicted molar refractivity (Wildman–Crippen MR) is 134 cm³/mol. The number of piperidine rings is 1. The third kappa shape index (κ3) is 5.26. The van der Waals surface area contributed by atoms with Crippen molar-refractivity contribution in [3.63, 3.8) is 0 Å². The van der Waals surface area contributed by atoms with Crippen molar-refractivity contribution in [3.05, 3.63) is 77.4 Å². The summed E-state index contributed by atoms with van der Waals surface area (Å²) >= 11 is 0. The van der Waals surface area contributed by atoms with Gasteiger partial charge in [-0.25, -0.2) is 13.4 Å². The highest BCUT2D eigenvalue weighted by Gasteiger charge is 2.33. The molecule has 1 N–H and O–H groups in total. The Kier molecular flexibility index (Phi) is 7.28. The third-order valence-corrected chi connectivity index (χ3v) is 8.69. The molecule has 1 aliphatic heterocycles. The van der Waals surface area contributed by atoms with Crippen LogP contribution in [0.25, 0.3) is 0 Å². The van der Waals surface area contributed by atoms with Crippen LogP contribution in [0.2, 0.25) is 0 Å². The van der Waals surface area contributed by atoms with Gasteiger partial charge < -0.3 is 14.6 Å². The van der Waals surface area contributed by atoms with Crippen molar-refractivity contribution >= 4 is 15.9 Å². The van der Waals surface area contributed by atoms with Gasteiger partial charge in [-0.3, -0.25) is 4.79 Å². The van der Waals surface area contributed by atoms with E-state index in [2.05, 4.69) is 10.3 Å². The van der Waals surface area contributed by atoms with Crippen LogP contribution in [0.4, 0.5) is 0 Å². The van der Waals surface area contributed by atoms with E-state index in [1.807, 2.05) is 62.0 Å². The summed E-state index contributed by atoms with van der Waals surface area (Å²) in [7, 11) is -0.0870. The lowest BCUT2D eigenvalue weighted by Gasteiger charge is -2.31. The zero-order chi connectivity index (χ0) is 25.2. The van der Waals surface area contributed by atoms with E-state index < -0.39 is 16.1 Å². The zero-order valence-electron chi connectivity index (χ0n) is 20.6. The molecule has 1 fully saturated rings. The van der Waals surface area contributed by atoms with Gasteiger partial charge in [-0.2, -0.15) is 4.31 Å². The van der Waals surface area contributed by atoms with E-state index >= 15 is 0 Å². The fraction of sp³-hybridized carbons (Fsp3) is 0.385. The summed E-state index contributed by atoms with van der Waals surface area (Å²) in [6.07, 6.45) is 4.47. The number of carbonyl (C=O) groups excluding carboxylic acids is 1. The van der Waals surface area contributed by atoms with E-state index in [0.717, 1.165) is 28.3 Å². The summed E-state index contributed by atoms with van der Waals surface area (Å²) in [5.74, 6) is 1.08. The normalized spacial score (nSPS) is 16.1. The van der Waals surface area contributed by atoms with Crippen LogP contribution in [0.1, 0.15) is 41.4 Å². The number of nitrogens with zero attached hydrogens (tertiary/aromatic N) is 3. The second kappa shape index (κ2) is 10.2. The van der Waals surface area contributed by atoms with E-state index in [9.17, 15) is 13.2 Å². The summed E-state index contributed by atoms with van der Waals surface area (Å²) in [6, 6.07) is 12.3. The number of carbonyl (C=O) groups is 1. The summed E-state index contributed by atoms with van der Waals surface area (Å²) in [4.78, 5) is 18.0. The van der Waals surface area contributed by atoms with Crippen molar-refractivity contribution < 1.29 is 17.9 Å².